The van der Waals surface area contributed by atoms with E-state index in [1.54, 1.807) is 6.92 Å². The Morgan fingerprint density at radius 2 is 2.29 bits per heavy atom. The van der Waals surface area contributed by atoms with Crippen LogP contribution in [0.4, 0.5) is 11.4 Å². The van der Waals surface area contributed by atoms with Crippen LogP contribution in [0, 0.1) is 10.1 Å². The molecule has 0 heterocycles. The highest BCUT2D eigenvalue weighted by Gasteiger charge is 2.14. The molecule has 1 atom stereocenters. The fourth-order valence-corrected chi connectivity index (χ4v) is 1.60. The van der Waals surface area contributed by atoms with Gasteiger partial charge in [-0.1, -0.05) is 6.92 Å². The normalized spacial score (nSPS) is 11.9. The Morgan fingerprint density at radius 3 is 2.76 bits per heavy atom. The second-order valence-corrected chi connectivity index (χ2v) is 4.28. The van der Waals surface area contributed by atoms with Crippen molar-refractivity contribution in [2.75, 3.05) is 5.32 Å². The third kappa shape index (κ3) is 3.50. The van der Waals surface area contributed by atoms with Gasteiger partial charge in [-0.2, -0.15) is 0 Å². The molecule has 0 aliphatic rings. The quantitative estimate of drug-likeness (QED) is 0.656. The average molecular weight is 302 g/mol. The molecule has 0 saturated carbocycles. The SMILES string of the molecule is CC[C@H](N)C(=O)Nc1ccc([N+](=O)[O-])cc1Br. The van der Waals surface area contributed by atoms with Gasteiger partial charge in [0, 0.05) is 16.6 Å². The highest BCUT2D eigenvalue weighted by molar-refractivity contribution is 9.10. The largest absolute Gasteiger partial charge is 0.324 e. The number of nitrogens with two attached hydrogens (primary N) is 1. The minimum absolute atomic E-state index is 0.0466. The summed E-state index contributed by atoms with van der Waals surface area (Å²) in [5, 5.41) is 13.1. The Hall–Kier alpha value is -1.47. The third-order valence-electron chi connectivity index (χ3n) is 2.20. The van der Waals surface area contributed by atoms with Crippen molar-refractivity contribution < 1.29 is 9.72 Å². The minimum atomic E-state index is -0.586. The molecule has 0 aliphatic heterocycles. The van der Waals surface area contributed by atoms with Crippen molar-refractivity contribution in [3.8, 4) is 0 Å². The predicted octanol–water partition coefficient (Wildman–Crippen LogP) is 2.03. The van der Waals surface area contributed by atoms with Crippen molar-refractivity contribution in [1.29, 1.82) is 0 Å². The number of rotatable bonds is 4. The molecule has 0 unspecified atom stereocenters. The van der Waals surface area contributed by atoms with Crippen LogP contribution < -0.4 is 11.1 Å². The summed E-state index contributed by atoms with van der Waals surface area (Å²) in [6.45, 7) is 1.80. The maximum absolute atomic E-state index is 11.5. The summed E-state index contributed by atoms with van der Waals surface area (Å²) in [4.78, 5) is 21.5. The van der Waals surface area contributed by atoms with E-state index in [2.05, 4.69) is 21.2 Å². The van der Waals surface area contributed by atoms with Gasteiger partial charge in [0.15, 0.2) is 0 Å². The van der Waals surface area contributed by atoms with E-state index in [0.717, 1.165) is 0 Å². The van der Waals surface area contributed by atoms with E-state index in [4.69, 9.17) is 5.73 Å². The van der Waals surface area contributed by atoms with E-state index >= 15 is 0 Å². The number of halogens is 1. The van der Waals surface area contributed by atoms with Gasteiger partial charge in [0.25, 0.3) is 5.69 Å². The number of carbonyl (C=O) groups is 1. The van der Waals surface area contributed by atoms with E-state index in [9.17, 15) is 14.9 Å². The summed E-state index contributed by atoms with van der Waals surface area (Å²) in [6, 6.07) is 3.52. The molecule has 7 heteroatoms. The maximum atomic E-state index is 11.5. The smallest absolute Gasteiger partial charge is 0.270 e. The Balaban J connectivity index is 2.86. The number of non-ortho nitro benzene ring substituents is 1. The first kappa shape index (κ1) is 13.6. The molecular formula is C10H12BrN3O3. The van der Waals surface area contributed by atoms with Crippen LogP contribution in [0.2, 0.25) is 0 Å². The molecule has 6 nitrogen and oxygen atoms in total. The third-order valence-corrected chi connectivity index (χ3v) is 2.85. The number of anilines is 1. The molecule has 0 aromatic heterocycles. The van der Waals surface area contributed by atoms with Crippen LogP contribution in [-0.4, -0.2) is 16.9 Å². The number of amides is 1. The zero-order valence-electron chi connectivity index (χ0n) is 9.14. The molecular weight excluding hydrogens is 290 g/mol. The van der Waals surface area contributed by atoms with E-state index in [-0.39, 0.29) is 11.6 Å². The second-order valence-electron chi connectivity index (χ2n) is 3.43. The lowest BCUT2D eigenvalue weighted by Crippen LogP contribution is -2.34. The van der Waals surface area contributed by atoms with Crippen molar-refractivity contribution in [2.24, 2.45) is 5.73 Å². The minimum Gasteiger partial charge on any atom is -0.324 e. The number of nitrogens with one attached hydrogen (secondary N) is 1. The number of carbonyl (C=O) groups excluding carboxylic acids is 1. The van der Waals surface area contributed by atoms with Gasteiger partial charge in [-0.15, -0.1) is 0 Å². The van der Waals surface area contributed by atoms with Gasteiger partial charge in [-0.05, 0) is 28.4 Å². The number of hydrogen-bond donors (Lipinski definition) is 2. The van der Waals surface area contributed by atoms with Gasteiger partial charge >= 0.3 is 0 Å². The lowest BCUT2D eigenvalue weighted by molar-refractivity contribution is -0.384. The van der Waals surface area contributed by atoms with Crippen LogP contribution in [0.25, 0.3) is 0 Å². The summed E-state index contributed by atoms with van der Waals surface area (Å²) in [5.41, 5.74) is 5.97. The molecule has 1 aromatic rings. The molecule has 1 rings (SSSR count). The number of nitrogens with zero attached hydrogens (tertiary/aromatic N) is 1. The molecule has 0 aliphatic carbocycles. The Morgan fingerprint density at radius 1 is 1.65 bits per heavy atom. The van der Waals surface area contributed by atoms with Crippen LogP contribution in [-0.2, 0) is 4.79 Å². The first-order valence-electron chi connectivity index (χ1n) is 4.96. The standard InChI is InChI=1S/C10H12BrN3O3/c1-2-8(12)10(15)13-9-4-3-6(14(16)17)5-7(9)11/h3-5,8H,2,12H2,1H3,(H,13,15)/t8-/m0/s1. The van der Waals surface area contributed by atoms with Crippen LogP contribution in [0.5, 0.6) is 0 Å². The van der Waals surface area contributed by atoms with Crippen molar-refractivity contribution in [2.45, 2.75) is 19.4 Å². The summed E-state index contributed by atoms with van der Waals surface area (Å²) in [5.74, 6) is -0.318. The van der Waals surface area contributed by atoms with Gasteiger partial charge in [0.05, 0.1) is 16.7 Å². The van der Waals surface area contributed by atoms with Crippen molar-refractivity contribution in [1.82, 2.24) is 0 Å². The molecule has 0 fully saturated rings. The molecule has 1 amide bonds. The first-order valence-corrected chi connectivity index (χ1v) is 5.75. The Kier molecular flexibility index (Phi) is 4.59. The molecule has 1 aromatic carbocycles. The number of nitro benzene ring substituents is 1. The van der Waals surface area contributed by atoms with Crippen LogP contribution >= 0.6 is 15.9 Å². The average Bonchev–Trinajstić information content (AvgIpc) is 2.30. The number of hydrogen-bond acceptors (Lipinski definition) is 4. The predicted molar refractivity (Wildman–Crippen MR) is 67.7 cm³/mol. The summed E-state index contributed by atoms with van der Waals surface area (Å²) < 4.78 is 0.448. The lowest BCUT2D eigenvalue weighted by Gasteiger charge is -2.11. The van der Waals surface area contributed by atoms with Crippen LogP contribution in [0.3, 0.4) is 0 Å². The molecule has 0 bridgehead atoms. The van der Waals surface area contributed by atoms with Crippen LogP contribution in [0.15, 0.2) is 22.7 Å². The fourth-order valence-electron chi connectivity index (χ4n) is 1.13. The number of nitro groups is 1. The molecule has 92 valence electrons. The van der Waals surface area contributed by atoms with E-state index in [1.807, 2.05) is 0 Å². The van der Waals surface area contributed by atoms with Crippen molar-refractivity contribution in [3.05, 3.63) is 32.8 Å². The zero-order valence-corrected chi connectivity index (χ0v) is 10.7. The Labute approximate surface area is 106 Å². The monoisotopic (exact) mass is 301 g/mol. The van der Waals surface area contributed by atoms with Gasteiger partial charge in [0.2, 0.25) is 5.91 Å². The first-order chi connectivity index (χ1) is 7.95. The molecule has 0 radical (unpaired) electrons. The van der Waals surface area contributed by atoms with Gasteiger partial charge in [0.1, 0.15) is 0 Å². The number of benzene rings is 1. The summed E-state index contributed by atoms with van der Waals surface area (Å²) in [6.07, 6.45) is 0.524. The molecule has 17 heavy (non-hydrogen) atoms. The zero-order chi connectivity index (χ0) is 13.0. The van der Waals surface area contributed by atoms with Gasteiger partial charge in [-0.3, -0.25) is 14.9 Å². The highest BCUT2D eigenvalue weighted by atomic mass is 79.9. The molecule has 0 saturated heterocycles. The molecule has 3 N–H and O–H groups in total. The summed E-state index contributed by atoms with van der Waals surface area (Å²) in [7, 11) is 0. The van der Waals surface area contributed by atoms with E-state index < -0.39 is 11.0 Å². The van der Waals surface area contributed by atoms with Crippen molar-refractivity contribution in [3.63, 3.8) is 0 Å². The van der Waals surface area contributed by atoms with Gasteiger partial charge < -0.3 is 11.1 Å². The maximum Gasteiger partial charge on any atom is 0.270 e. The fraction of sp³-hybridized carbons (Fsp3) is 0.300. The summed E-state index contributed by atoms with van der Waals surface area (Å²) >= 11 is 3.15. The van der Waals surface area contributed by atoms with E-state index in [1.165, 1.54) is 18.2 Å². The van der Waals surface area contributed by atoms with Gasteiger partial charge in [-0.25, -0.2) is 0 Å². The molecule has 0 spiro atoms. The lowest BCUT2D eigenvalue weighted by atomic mass is 10.2. The topological polar surface area (TPSA) is 98.3 Å². The van der Waals surface area contributed by atoms with Crippen LogP contribution in [0.1, 0.15) is 13.3 Å². The highest BCUT2D eigenvalue weighted by Crippen LogP contribution is 2.27. The van der Waals surface area contributed by atoms with Crippen molar-refractivity contribution >= 4 is 33.2 Å². The Bertz CT molecular complexity index is 450. The van der Waals surface area contributed by atoms with E-state index in [0.29, 0.717) is 16.6 Å². The second kappa shape index (κ2) is 5.74.